The smallest absolute Gasteiger partial charge is 0.857 e. The van der Waals surface area contributed by atoms with Crippen molar-refractivity contribution in [3.63, 3.8) is 0 Å². The summed E-state index contributed by atoms with van der Waals surface area (Å²) in [5, 5.41) is 26.7. The van der Waals surface area contributed by atoms with E-state index < -0.39 is 17.7 Å². The van der Waals surface area contributed by atoms with E-state index in [0.29, 0.717) is 58.9 Å². The number of carbonyl (C=O) groups excluding carboxylic acids is 5. The Morgan fingerprint density at radius 3 is 1.32 bits per heavy atom. The zero-order valence-corrected chi connectivity index (χ0v) is 28.1. The minimum atomic E-state index is -0.545. The van der Waals surface area contributed by atoms with Crippen LogP contribution in [0, 0.1) is 0 Å². The molecular weight excluding hydrogens is 601 g/mol. The van der Waals surface area contributed by atoms with Gasteiger partial charge in [0.15, 0.2) is 0 Å². The van der Waals surface area contributed by atoms with Crippen molar-refractivity contribution in [2.45, 2.75) is 82.6 Å². The molecule has 234 valence electrons. The Labute approximate surface area is 285 Å². The van der Waals surface area contributed by atoms with Crippen LogP contribution in [0.1, 0.15) is 99.7 Å². The third kappa shape index (κ3) is 9.27. The van der Waals surface area contributed by atoms with Crippen molar-refractivity contribution >= 4 is 41.9 Å². The predicted molar refractivity (Wildman–Crippen MR) is 158 cm³/mol. The van der Waals surface area contributed by atoms with E-state index in [1.807, 2.05) is 0 Å². The molecule has 0 spiro atoms. The van der Waals surface area contributed by atoms with Crippen molar-refractivity contribution in [2.75, 3.05) is 7.11 Å². The number of benzene rings is 2. The number of nitrogens with zero attached hydrogens (tertiary/aromatic N) is 2. The quantitative estimate of drug-likeness (QED) is 0.262. The minimum absolute atomic E-state index is 0. The monoisotopic (exact) mass is 639 g/mol. The number of aliphatic hydroxyl groups excluding tert-OH is 2. The van der Waals surface area contributed by atoms with Crippen molar-refractivity contribution in [2.24, 2.45) is 5.73 Å². The Balaban J connectivity index is 0.000000333. The number of nitrogens with two attached hydrogens (primary N) is 1. The Bertz CT molecular complexity index is 1230. The first kappa shape index (κ1) is 39.5. The molecule has 0 saturated heterocycles. The SMILES string of the molecule is CC(=O)N1C(=O)c2ccccc2C1=O.C[O-].Cl.NC1CCC(O)CC1.O=C1c2ccccc2C(=O)N1C1CCC(O)CC1.[Na+]. The summed E-state index contributed by atoms with van der Waals surface area (Å²) in [6.45, 7) is 1.20. The third-order valence-electron chi connectivity index (χ3n) is 7.71. The summed E-state index contributed by atoms with van der Waals surface area (Å²) in [7, 11) is 0.750. The first-order chi connectivity index (χ1) is 20.1. The van der Waals surface area contributed by atoms with Gasteiger partial charge >= 0.3 is 29.6 Å². The number of hydrogen-bond acceptors (Lipinski definition) is 9. The molecule has 2 aliphatic carbocycles. The molecule has 4 N–H and O–H groups in total. The molecule has 13 heteroatoms. The van der Waals surface area contributed by atoms with E-state index in [1.165, 1.54) is 11.8 Å². The topological polar surface area (TPSA) is 181 Å². The molecular formula is C31H39ClN3NaO8. The summed E-state index contributed by atoms with van der Waals surface area (Å²) in [5.41, 5.74) is 7.20. The van der Waals surface area contributed by atoms with Crippen LogP contribution in [-0.2, 0) is 4.79 Å². The van der Waals surface area contributed by atoms with Gasteiger partial charge in [0.1, 0.15) is 0 Å². The van der Waals surface area contributed by atoms with Gasteiger partial charge in [-0.3, -0.25) is 28.9 Å². The first-order valence-corrected chi connectivity index (χ1v) is 14.1. The second kappa shape index (κ2) is 18.5. The Hall–Kier alpha value is -2.48. The van der Waals surface area contributed by atoms with E-state index in [-0.39, 0.29) is 72.0 Å². The standard InChI is InChI=1S/C14H15NO3.C10H7NO3.C6H13NO.CH3O.ClH.Na/c16-10-7-5-9(6-8-10)15-13(17)11-3-1-2-4-12(11)14(15)18;1-6(12)11-9(13)7-4-2-3-5-8(7)10(11)14;7-5-1-3-6(8)4-2-5;1-2;;/h1-4,9-10,16H,5-8H2;2-5H,1H3;5-6,8H,1-4,7H2;1H3;1H;/q;;;-1;;+1. The summed E-state index contributed by atoms with van der Waals surface area (Å²) in [6, 6.07) is 13.7. The molecule has 0 radical (unpaired) electrons. The molecule has 44 heavy (non-hydrogen) atoms. The van der Waals surface area contributed by atoms with Crippen molar-refractivity contribution < 1.29 is 68.8 Å². The molecule has 2 heterocycles. The second-order valence-electron chi connectivity index (χ2n) is 10.6. The fourth-order valence-electron chi connectivity index (χ4n) is 5.43. The maximum Gasteiger partial charge on any atom is 1.00 e. The van der Waals surface area contributed by atoms with Gasteiger partial charge in [0, 0.05) is 19.0 Å². The van der Waals surface area contributed by atoms with Crippen molar-refractivity contribution in [3.05, 3.63) is 70.8 Å². The number of amides is 5. The average Bonchev–Trinajstić information content (AvgIpc) is 3.41. The summed E-state index contributed by atoms with van der Waals surface area (Å²) >= 11 is 0. The van der Waals surface area contributed by atoms with Crippen LogP contribution < -0.4 is 40.4 Å². The fourth-order valence-corrected chi connectivity index (χ4v) is 5.43. The van der Waals surface area contributed by atoms with Gasteiger partial charge in [0.2, 0.25) is 5.91 Å². The van der Waals surface area contributed by atoms with E-state index in [1.54, 1.807) is 48.5 Å². The van der Waals surface area contributed by atoms with Gasteiger partial charge in [-0.1, -0.05) is 24.3 Å². The van der Waals surface area contributed by atoms with Gasteiger partial charge in [0.05, 0.1) is 34.5 Å². The fraction of sp³-hybridized carbons (Fsp3) is 0.452. The predicted octanol–water partition coefficient (Wildman–Crippen LogP) is -0.934. The van der Waals surface area contributed by atoms with Crippen LogP contribution in [0.25, 0.3) is 0 Å². The molecule has 11 nitrogen and oxygen atoms in total. The number of hydrogen-bond donors (Lipinski definition) is 3. The molecule has 0 unspecified atom stereocenters. The minimum Gasteiger partial charge on any atom is -0.857 e. The van der Waals surface area contributed by atoms with Crippen LogP contribution in [0.15, 0.2) is 48.5 Å². The van der Waals surface area contributed by atoms with Crippen LogP contribution in [0.3, 0.4) is 0 Å². The number of halogens is 1. The molecule has 0 atom stereocenters. The second-order valence-corrected chi connectivity index (χ2v) is 10.6. The molecule has 2 saturated carbocycles. The van der Waals surface area contributed by atoms with E-state index in [4.69, 9.17) is 15.9 Å². The molecule has 0 aromatic heterocycles. The molecule has 2 aromatic carbocycles. The maximum atomic E-state index is 12.2. The molecule has 2 aliphatic heterocycles. The number of imide groups is 4. The van der Waals surface area contributed by atoms with Crippen molar-refractivity contribution in [1.29, 1.82) is 0 Å². The Morgan fingerprint density at radius 1 is 0.682 bits per heavy atom. The molecule has 2 fully saturated rings. The summed E-state index contributed by atoms with van der Waals surface area (Å²) in [6.07, 6.45) is 6.20. The number of aliphatic hydroxyl groups is 2. The van der Waals surface area contributed by atoms with E-state index >= 15 is 0 Å². The molecule has 2 aromatic rings. The summed E-state index contributed by atoms with van der Waals surface area (Å²) in [5.74, 6) is -1.97. The molecule has 5 amide bonds. The van der Waals surface area contributed by atoms with Crippen molar-refractivity contribution in [3.8, 4) is 0 Å². The average molecular weight is 640 g/mol. The Kier molecular flexibility index (Phi) is 16.6. The third-order valence-corrected chi connectivity index (χ3v) is 7.71. The number of fused-ring (bicyclic) bond motifs is 2. The number of rotatable bonds is 1. The van der Waals surface area contributed by atoms with Crippen LogP contribution in [0.2, 0.25) is 0 Å². The first-order valence-electron chi connectivity index (χ1n) is 14.1. The zero-order valence-electron chi connectivity index (χ0n) is 25.3. The van der Waals surface area contributed by atoms with Gasteiger partial charge in [-0.2, -0.15) is 7.11 Å². The van der Waals surface area contributed by atoms with Crippen LogP contribution in [0.4, 0.5) is 0 Å². The largest absolute Gasteiger partial charge is 1.00 e. The summed E-state index contributed by atoms with van der Waals surface area (Å²) in [4.78, 5) is 60.6. The molecule has 4 aliphatic rings. The van der Waals surface area contributed by atoms with Crippen LogP contribution >= 0.6 is 12.4 Å². The van der Waals surface area contributed by atoms with Gasteiger partial charge in [-0.25, -0.2) is 4.90 Å². The van der Waals surface area contributed by atoms with Gasteiger partial charge in [-0.15, -0.1) is 12.4 Å². The van der Waals surface area contributed by atoms with Crippen LogP contribution in [0.5, 0.6) is 0 Å². The van der Waals surface area contributed by atoms with Gasteiger partial charge in [-0.05, 0) is 75.6 Å². The maximum absolute atomic E-state index is 12.2. The van der Waals surface area contributed by atoms with Crippen molar-refractivity contribution in [1.82, 2.24) is 9.80 Å². The molecule has 6 rings (SSSR count). The Morgan fingerprint density at radius 2 is 1.00 bits per heavy atom. The normalized spacial score (nSPS) is 23.2. The van der Waals surface area contributed by atoms with Gasteiger partial charge in [0.25, 0.3) is 23.6 Å². The van der Waals surface area contributed by atoms with E-state index in [2.05, 4.69) is 0 Å². The van der Waals surface area contributed by atoms with E-state index in [9.17, 15) is 29.1 Å². The van der Waals surface area contributed by atoms with E-state index in [0.717, 1.165) is 32.8 Å². The van der Waals surface area contributed by atoms with Gasteiger partial charge < -0.3 is 21.1 Å². The molecule has 0 bridgehead atoms. The zero-order chi connectivity index (χ0) is 31.0. The number of carbonyl (C=O) groups is 5. The van der Waals surface area contributed by atoms with Crippen LogP contribution in [-0.4, -0.2) is 81.0 Å². The summed E-state index contributed by atoms with van der Waals surface area (Å²) < 4.78 is 0.